The van der Waals surface area contributed by atoms with E-state index in [1.807, 2.05) is 0 Å². The molecule has 1 amide bonds. The number of aromatic carboxylic acids is 1. The summed E-state index contributed by atoms with van der Waals surface area (Å²) in [7, 11) is 0. The zero-order valence-corrected chi connectivity index (χ0v) is 10.9. The summed E-state index contributed by atoms with van der Waals surface area (Å²) in [4.78, 5) is 23.0. The van der Waals surface area contributed by atoms with Crippen LogP contribution in [0.5, 0.6) is 0 Å². The van der Waals surface area contributed by atoms with Crippen molar-refractivity contribution >= 4 is 39.1 Å². The van der Waals surface area contributed by atoms with Gasteiger partial charge in [0.25, 0.3) is 0 Å². The van der Waals surface area contributed by atoms with Crippen LogP contribution in [0.2, 0.25) is 0 Å². The van der Waals surface area contributed by atoms with E-state index >= 15 is 0 Å². The molecule has 0 radical (unpaired) electrons. The maximum Gasteiger partial charge on any atom is 0.471 e. The molecule has 2 rings (SSSR count). The second-order valence-corrected chi connectivity index (χ2v) is 5.51. The van der Waals surface area contributed by atoms with Crippen LogP contribution in [0.3, 0.4) is 0 Å². The minimum Gasteiger partial charge on any atom is -0.477 e. The quantitative estimate of drug-likeness (QED) is 0.852. The topological polar surface area (TPSA) is 57.6 Å². The Hall–Kier alpha value is -1.09. The molecule has 0 spiro atoms. The Labute approximate surface area is 111 Å². The van der Waals surface area contributed by atoms with E-state index in [0.29, 0.717) is 15.3 Å². The Bertz CT molecular complexity index is 540. The van der Waals surface area contributed by atoms with Gasteiger partial charge >= 0.3 is 18.1 Å². The average molecular weight is 344 g/mol. The third kappa shape index (κ3) is 2.12. The van der Waals surface area contributed by atoms with Gasteiger partial charge in [0.05, 0.1) is 6.54 Å². The Morgan fingerprint density at radius 3 is 2.39 bits per heavy atom. The molecule has 0 bridgehead atoms. The van der Waals surface area contributed by atoms with Crippen molar-refractivity contribution in [3.8, 4) is 0 Å². The number of hydrogen-bond acceptors (Lipinski definition) is 3. The highest BCUT2D eigenvalue weighted by molar-refractivity contribution is 9.10. The molecule has 0 saturated heterocycles. The molecule has 18 heavy (non-hydrogen) atoms. The molecule has 2 heterocycles. The normalized spacial score (nSPS) is 14.8. The Morgan fingerprint density at radius 2 is 1.94 bits per heavy atom. The number of carbonyl (C=O) groups is 2. The van der Waals surface area contributed by atoms with E-state index in [2.05, 4.69) is 15.9 Å². The Balaban J connectivity index is 2.25. The van der Waals surface area contributed by atoms with Gasteiger partial charge in [0.1, 0.15) is 4.88 Å². The van der Waals surface area contributed by atoms with E-state index in [1.54, 1.807) is 0 Å². The average Bonchev–Trinajstić information content (AvgIpc) is 2.76. The van der Waals surface area contributed by atoms with Gasteiger partial charge in [0, 0.05) is 21.5 Å². The monoisotopic (exact) mass is 343 g/mol. The first-order chi connectivity index (χ1) is 8.21. The highest BCUT2D eigenvalue weighted by Crippen LogP contribution is 2.40. The Morgan fingerprint density at radius 1 is 1.33 bits per heavy atom. The third-order valence-electron chi connectivity index (χ3n) is 2.43. The minimum absolute atomic E-state index is 0.0408. The smallest absolute Gasteiger partial charge is 0.471 e. The molecule has 1 aliphatic rings. The van der Waals surface area contributed by atoms with Crippen LogP contribution in [0, 0.1) is 0 Å². The summed E-state index contributed by atoms with van der Waals surface area (Å²) in [6.07, 6.45) is -4.91. The molecule has 0 aromatic carbocycles. The lowest BCUT2D eigenvalue weighted by molar-refractivity contribution is -0.186. The fourth-order valence-electron chi connectivity index (χ4n) is 1.65. The summed E-state index contributed by atoms with van der Waals surface area (Å²) in [6.45, 7) is -0.428. The number of amides is 1. The second kappa shape index (κ2) is 4.23. The van der Waals surface area contributed by atoms with Gasteiger partial charge in [-0.15, -0.1) is 11.3 Å². The summed E-state index contributed by atoms with van der Waals surface area (Å²) in [5, 5.41) is 8.85. The minimum atomic E-state index is -4.91. The maximum atomic E-state index is 12.2. The van der Waals surface area contributed by atoms with Crippen LogP contribution in [0.1, 0.15) is 20.1 Å². The van der Waals surface area contributed by atoms with Crippen LogP contribution in [-0.4, -0.2) is 28.1 Å². The first-order valence-electron chi connectivity index (χ1n) is 4.61. The molecule has 1 aromatic heterocycles. The number of carbonyl (C=O) groups excluding carboxylic acids is 1. The van der Waals surface area contributed by atoms with Gasteiger partial charge < -0.3 is 10.0 Å². The number of fused-ring (bicyclic) bond motifs is 1. The van der Waals surface area contributed by atoms with E-state index < -0.39 is 18.1 Å². The zero-order chi connectivity index (χ0) is 13.7. The molecule has 4 nitrogen and oxygen atoms in total. The van der Waals surface area contributed by atoms with Crippen molar-refractivity contribution in [2.75, 3.05) is 0 Å². The van der Waals surface area contributed by atoms with E-state index in [4.69, 9.17) is 5.11 Å². The third-order valence-corrected chi connectivity index (χ3v) is 4.78. The predicted molar refractivity (Wildman–Crippen MR) is 59.3 cm³/mol. The molecule has 0 aliphatic carbocycles. The number of nitrogens with zero attached hydrogens (tertiary/aromatic N) is 1. The highest BCUT2D eigenvalue weighted by Gasteiger charge is 2.45. The number of rotatable bonds is 1. The lowest BCUT2D eigenvalue weighted by atomic mass is 10.3. The van der Waals surface area contributed by atoms with Crippen LogP contribution in [0.4, 0.5) is 13.2 Å². The molecular weight excluding hydrogens is 339 g/mol. The summed E-state index contributed by atoms with van der Waals surface area (Å²) in [5.41, 5.74) is 0.440. The first kappa shape index (κ1) is 13.3. The van der Waals surface area contributed by atoms with E-state index in [0.717, 1.165) is 11.3 Å². The number of hydrogen-bond donors (Lipinski definition) is 1. The van der Waals surface area contributed by atoms with Crippen LogP contribution >= 0.6 is 27.3 Å². The van der Waals surface area contributed by atoms with Gasteiger partial charge in [-0.2, -0.15) is 13.2 Å². The van der Waals surface area contributed by atoms with Crippen LogP contribution in [0.15, 0.2) is 4.47 Å². The van der Waals surface area contributed by atoms with Crippen molar-refractivity contribution in [2.24, 2.45) is 0 Å². The fraction of sp³-hybridized carbons (Fsp3) is 0.333. The van der Waals surface area contributed by atoms with Gasteiger partial charge in [-0.05, 0) is 15.9 Å². The number of halogens is 4. The van der Waals surface area contributed by atoms with Gasteiger partial charge in [-0.3, -0.25) is 4.79 Å². The standard InChI is InChI=1S/C9H5BrF3NO3S/c10-5-3-1-14(8(17)9(11,12)13)2-4(3)18-6(5)7(15)16/h1-2H2,(H,15,16). The first-order valence-corrected chi connectivity index (χ1v) is 6.22. The maximum absolute atomic E-state index is 12.2. The van der Waals surface area contributed by atoms with Crippen LogP contribution < -0.4 is 0 Å². The largest absolute Gasteiger partial charge is 0.477 e. The van der Waals surface area contributed by atoms with Gasteiger partial charge in [0.2, 0.25) is 0 Å². The summed E-state index contributed by atoms with van der Waals surface area (Å²) in [5.74, 6) is -3.05. The molecule has 1 aliphatic heterocycles. The predicted octanol–water partition coefficient (Wildman–Crippen LogP) is 2.61. The lowest BCUT2D eigenvalue weighted by Crippen LogP contribution is -2.37. The molecule has 9 heteroatoms. The zero-order valence-electron chi connectivity index (χ0n) is 8.55. The van der Waals surface area contributed by atoms with Gasteiger partial charge in [-0.1, -0.05) is 0 Å². The van der Waals surface area contributed by atoms with Crippen LogP contribution in [-0.2, 0) is 17.9 Å². The molecule has 0 unspecified atom stereocenters. The molecule has 0 fully saturated rings. The van der Waals surface area contributed by atoms with Gasteiger partial charge in [0.15, 0.2) is 0 Å². The van der Waals surface area contributed by atoms with Crippen molar-refractivity contribution in [2.45, 2.75) is 19.3 Å². The van der Waals surface area contributed by atoms with Crippen molar-refractivity contribution in [3.63, 3.8) is 0 Å². The fourth-order valence-corrected chi connectivity index (χ4v) is 3.62. The summed E-state index contributed by atoms with van der Waals surface area (Å²) in [6, 6.07) is 0. The molecule has 98 valence electrons. The van der Waals surface area contributed by atoms with E-state index in [-0.39, 0.29) is 22.4 Å². The van der Waals surface area contributed by atoms with E-state index in [1.165, 1.54) is 0 Å². The number of thiophene rings is 1. The van der Waals surface area contributed by atoms with Crippen LogP contribution in [0.25, 0.3) is 0 Å². The SMILES string of the molecule is O=C(O)c1sc2c(c1Br)CN(C(=O)C(F)(F)F)C2. The van der Waals surface area contributed by atoms with Crippen molar-refractivity contribution in [3.05, 3.63) is 19.8 Å². The number of alkyl halides is 3. The van der Waals surface area contributed by atoms with Crippen molar-refractivity contribution < 1.29 is 27.9 Å². The van der Waals surface area contributed by atoms with E-state index in [9.17, 15) is 22.8 Å². The summed E-state index contributed by atoms with van der Waals surface area (Å²) >= 11 is 3.92. The molecule has 1 N–H and O–H groups in total. The van der Waals surface area contributed by atoms with Crippen molar-refractivity contribution in [1.82, 2.24) is 4.90 Å². The Kier molecular flexibility index (Phi) is 3.14. The number of carboxylic acid groups (broad SMARTS) is 1. The summed E-state index contributed by atoms with van der Waals surface area (Å²) < 4.78 is 37.0. The highest BCUT2D eigenvalue weighted by atomic mass is 79.9. The molecule has 0 atom stereocenters. The molecule has 0 saturated carbocycles. The molecular formula is C9H5BrF3NO3S. The van der Waals surface area contributed by atoms with Gasteiger partial charge in [-0.25, -0.2) is 4.79 Å². The van der Waals surface area contributed by atoms with Crippen molar-refractivity contribution in [1.29, 1.82) is 0 Å². The second-order valence-electron chi connectivity index (χ2n) is 3.61. The number of carboxylic acids is 1. The lowest BCUT2D eigenvalue weighted by Gasteiger charge is -2.17. The molecule has 1 aromatic rings.